The molecule has 0 saturated heterocycles. The van der Waals surface area contributed by atoms with Crippen molar-refractivity contribution >= 4 is 17.8 Å². The standard InChI is InChI=1S/C17H21NO2/c1-2-3-9-18-12-15-16(19)10-14(11-17(15)20)13-7-5-4-6-8-13/h4-8,12,14-15H,2-3,9-11H2,1H3. The second-order valence-electron chi connectivity index (χ2n) is 5.33. The zero-order valence-corrected chi connectivity index (χ0v) is 11.9. The van der Waals surface area contributed by atoms with E-state index in [4.69, 9.17) is 0 Å². The number of hydrogen-bond donors (Lipinski definition) is 0. The van der Waals surface area contributed by atoms with Gasteiger partial charge in [0.25, 0.3) is 0 Å². The van der Waals surface area contributed by atoms with Crippen LogP contribution in [0.2, 0.25) is 0 Å². The van der Waals surface area contributed by atoms with E-state index in [-0.39, 0.29) is 17.5 Å². The lowest BCUT2D eigenvalue weighted by molar-refractivity contribution is -0.133. The molecule has 0 aliphatic heterocycles. The smallest absolute Gasteiger partial charge is 0.149 e. The Bertz CT molecular complexity index is 475. The van der Waals surface area contributed by atoms with Gasteiger partial charge in [0.1, 0.15) is 17.5 Å². The number of ketones is 2. The molecule has 1 aromatic carbocycles. The molecule has 1 aliphatic carbocycles. The molecule has 0 amide bonds. The highest BCUT2D eigenvalue weighted by atomic mass is 16.2. The fourth-order valence-electron chi connectivity index (χ4n) is 2.55. The normalized spacial score (nSPS) is 23.4. The van der Waals surface area contributed by atoms with Crippen molar-refractivity contribution in [3.63, 3.8) is 0 Å². The molecule has 0 spiro atoms. The van der Waals surface area contributed by atoms with Gasteiger partial charge in [-0.2, -0.15) is 0 Å². The summed E-state index contributed by atoms with van der Waals surface area (Å²) in [6.45, 7) is 2.80. The summed E-state index contributed by atoms with van der Waals surface area (Å²) in [5.41, 5.74) is 1.08. The molecule has 0 unspecified atom stereocenters. The number of aliphatic imine (C=N–C) groups is 1. The van der Waals surface area contributed by atoms with Crippen LogP contribution in [-0.2, 0) is 9.59 Å². The third-order valence-corrected chi connectivity index (χ3v) is 3.76. The minimum absolute atomic E-state index is 0.00958. The van der Waals surface area contributed by atoms with Crippen molar-refractivity contribution in [1.82, 2.24) is 0 Å². The third kappa shape index (κ3) is 3.62. The molecule has 0 aromatic heterocycles. The van der Waals surface area contributed by atoms with Gasteiger partial charge in [0.2, 0.25) is 0 Å². The van der Waals surface area contributed by atoms with Crippen molar-refractivity contribution in [2.75, 3.05) is 6.54 Å². The molecule has 0 radical (unpaired) electrons. The molecule has 0 heterocycles. The van der Waals surface area contributed by atoms with Crippen LogP contribution in [-0.4, -0.2) is 24.3 Å². The van der Waals surface area contributed by atoms with E-state index < -0.39 is 5.92 Å². The Morgan fingerprint density at radius 2 is 1.80 bits per heavy atom. The van der Waals surface area contributed by atoms with E-state index in [1.54, 1.807) is 6.21 Å². The number of carbonyl (C=O) groups is 2. The number of nitrogens with zero attached hydrogens (tertiary/aromatic N) is 1. The summed E-state index contributed by atoms with van der Waals surface area (Å²) in [6.07, 6.45) is 4.53. The average Bonchev–Trinajstić information content (AvgIpc) is 2.46. The summed E-state index contributed by atoms with van der Waals surface area (Å²) in [4.78, 5) is 28.5. The minimum atomic E-state index is -0.605. The number of Topliss-reactive ketones (excluding diaryl/α,β-unsaturated/α-hetero) is 2. The van der Waals surface area contributed by atoms with Crippen molar-refractivity contribution in [3.05, 3.63) is 35.9 Å². The summed E-state index contributed by atoms with van der Waals surface area (Å²) in [5.74, 6) is -0.547. The van der Waals surface area contributed by atoms with E-state index >= 15 is 0 Å². The van der Waals surface area contributed by atoms with Crippen molar-refractivity contribution in [2.45, 2.75) is 38.5 Å². The van der Waals surface area contributed by atoms with Crippen LogP contribution in [0.4, 0.5) is 0 Å². The van der Waals surface area contributed by atoms with Crippen molar-refractivity contribution in [2.24, 2.45) is 10.9 Å². The number of benzene rings is 1. The molecule has 3 nitrogen and oxygen atoms in total. The molecule has 1 aromatic rings. The number of rotatable bonds is 5. The quantitative estimate of drug-likeness (QED) is 0.469. The van der Waals surface area contributed by atoms with E-state index in [0.29, 0.717) is 19.4 Å². The second-order valence-corrected chi connectivity index (χ2v) is 5.33. The zero-order chi connectivity index (χ0) is 14.4. The Morgan fingerprint density at radius 1 is 1.15 bits per heavy atom. The Kier molecular flexibility index (Phi) is 5.22. The number of unbranched alkanes of at least 4 members (excludes halogenated alkanes) is 1. The minimum Gasteiger partial charge on any atom is -0.298 e. The summed E-state index contributed by atoms with van der Waals surface area (Å²) in [6, 6.07) is 9.81. The fourth-order valence-corrected chi connectivity index (χ4v) is 2.55. The van der Waals surface area contributed by atoms with Gasteiger partial charge in [-0.1, -0.05) is 43.7 Å². The van der Waals surface area contributed by atoms with Crippen LogP contribution in [0.1, 0.15) is 44.1 Å². The van der Waals surface area contributed by atoms with Crippen LogP contribution in [0.5, 0.6) is 0 Å². The van der Waals surface area contributed by atoms with E-state index in [2.05, 4.69) is 11.9 Å². The zero-order valence-electron chi connectivity index (χ0n) is 11.9. The predicted octanol–water partition coefficient (Wildman–Crippen LogP) is 3.19. The first-order valence-corrected chi connectivity index (χ1v) is 7.32. The van der Waals surface area contributed by atoms with Gasteiger partial charge < -0.3 is 0 Å². The highest BCUT2D eigenvalue weighted by Gasteiger charge is 2.34. The molecule has 1 saturated carbocycles. The van der Waals surface area contributed by atoms with Crippen molar-refractivity contribution < 1.29 is 9.59 Å². The van der Waals surface area contributed by atoms with Gasteiger partial charge in [0, 0.05) is 25.6 Å². The first-order chi connectivity index (χ1) is 9.72. The molecule has 0 atom stereocenters. The lowest BCUT2D eigenvalue weighted by Crippen LogP contribution is -2.33. The summed E-state index contributed by atoms with van der Waals surface area (Å²) >= 11 is 0. The van der Waals surface area contributed by atoms with Crippen LogP contribution in [0.15, 0.2) is 35.3 Å². The third-order valence-electron chi connectivity index (χ3n) is 3.76. The van der Waals surface area contributed by atoms with Gasteiger partial charge >= 0.3 is 0 Å². The van der Waals surface area contributed by atoms with Crippen LogP contribution in [0, 0.1) is 5.92 Å². The largest absolute Gasteiger partial charge is 0.298 e. The molecule has 0 N–H and O–H groups in total. The van der Waals surface area contributed by atoms with Gasteiger partial charge in [-0.05, 0) is 17.9 Å². The van der Waals surface area contributed by atoms with Crippen LogP contribution in [0.25, 0.3) is 0 Å². The second kappa shape index (κ2) is 7.13. The lowest BCUT2D eigenvalue weighted by Gasteiger charge is -2.24. The SMILES string of the molecule is CCCCN=CC1C(=O)CC(c2ccccc2)CC1=O. The average molecular weight is 271 g/mol. The topological polar surface area (TPSA) is 46.5 Å². The molecular formula is C17H21NO2. The first-order valence-electron chi connectivity index (χ1n) is 7.32. The van der Waals surface area contributed by atoms with E-state index in [1.165, 1.54) is 0 Å². The van der Waals surface area contributed by atoms with Gasteiger partial charge in [-0.3, -0.25) is 14.6 Å². The Labute approximate surface area is 120 Å². The van der Waals surface area contributed by atoms with E-state index in [9.17, 15) is 9.59 Å². The predicted molar refractivity (Wildman–Crippen MR) is 80.2 cm³/mol. The maximum atomic E-state index is 12.1. The highest BCUT2D eigenvalue weighted by molar-refractivity contribution is 6.16. The first kappa shape index (κ1) is 14.6. The van der Waals surface area contributed by atoms with Gasteiger partial charge in [0.15, 0.2) is 0 Å². The molecule has 3 heteroatoms. The molecule has 106 valence electrons. The Balaban J connectivity index is 2.00. The lowest BCUT2D eigenvalue weighted by atomic mass is 9.77. The summed E-state index contributed by atoms with van der Waals surface area (Å²) < 4.78 is 0. The van der Waals surface area contributed by atoms with Gasteiger partial charge in [-0.15, -0.1) is 0 Å². The molecule has 2 rings (SSSR count). The van der Waals surface area contributed by atoms with E-state index in [1.807, 2.05) is 30.3 Å². The molecule has 20 heavy (non-hydrogen) atoms. The molecule has 0 bridgehead atoms. The van der Waals surface area contributed by atoms with Gasteiger partial charge in [-0.25, -0.2) is 0 Å². The molecule has 1 fully saturated rings. The monoisotopic (exact) mass is 271 g/mol. The highest BCUT2D eigenvalue weighted by Crippen LogP contribution is 2.31. The number of carbonyl (C=O) groups excluding carboxylic acids is 2. The summed E-state index contributed by atoms with van der Waals surface area (Å²) in [5, 5.41) is 0. The maximum absolute atomic E-state index is 12.1. The summed E-state index contributed by atoms with van der Waals surface area (Å²) in [7, 11) is 0. The van der Waals surface area contributed by atoms with Crippen LogP contribution in [0.3, 0.4) is 0 Å². The van der Waals surface area contributed by atoms with Crippen molar-refractivity contribution in [1.29, 1.82) is 0 Å². The maximum Gasteiger partial charge on any atom is 0.149 e. The van der Waals surface area contributed by atoms with Gasteiger partial charge in [0.05, 0.1) is 0 Å². The van der Waals surface area contributed by atoms with E-state index in [0.717, 1.165) is 18.4 Å². The van der Waals surface area contributed by atoms with Crippen molar-refractivity contribution in [3.8, 4) is 0 Å². The molecular weight excluding hydrogens is 250 g/mol. The molecule has 1 aliphatic rings. The Hall–Kier alpha value is -1.77. The number of hydrogen-bond acceptors (Lipinski definition) is 3. The van der Waals surface area contributed by atoms with Crippen LogP contribution < -0.4 is 0 Å². The fraction of sp³-hybridized carbons (Fsp3) is 0.471. The Morgan fingerprint density at radius 3 is 2.40 bits per heavy atom. The van der Waals surface area contributed by atoms with Crippen LogP contribution >= 0.6 is 0 Å².